The largest absolute Gasteiger partial charge is 0.311 e. The zero-order valence-corrected chi connectivity index (χ0v) is 12.7. The molecule has 1 saturated heterocycles. The Kier molecular flexibility index (Phi) is 3.72. The van der Waals surface area contributed by atoms with Crippen molar-refractivity contribution >= 4 is 21.6 Å². The summed E-state index contributed by atoms with van der Waals surface area (Å²) >= 11 is 0. The molecule has 114 valence electrons. The molecule has 6 heteroatoms. The number of amides is 1. The minimum Gasteiger partial charge on any atom is -0.311 e. The van der Waals surface area contributed by atoms with E-state index in [2.05, 4.69) is 0 Å². The lowest BCUT2D eigenvalue weighted by molar-refractivity contribution is -0.117. The molecule has 0 radical (unpaired) electrons. The highest BCUT2D eigenvalue weighted by Gasteiger charge is 2.37. The van der Waals surface area contributed by atoms with E-state index in [0.29, 0.717) is 5.69 Å². The number of nitrogens with two attached hydrogens (primary N) is 1. The van der Waals surface area contributed by atoms with Crippen LogP contribution in [-0.2, 0) is 14.8 Å². The van der Waals surface area contributed by atoms with Gasteiger partial charge < -0.3 is 4.90 Å². The topological polar surface area (TPSA) is 80.5 Å². The molecule has 1 heterocycles. The fourth-order valence-corrected chi connectivity index (χ4v) is 3.36. The molecule has 0 spiro atoms. The highest BCUT2D eigenvalue weighted by atomic mass is 32.2. The van der Waals surface area contributed by atoms with Gasteiger partial charge in [0.2, 0.25) is 15.9 Å². The quantitative estimate of drug-likeness (QED) is 0.936. The summed E-state index contributed by atoms with van der Waals surface area (Å²) in [5, 5.41) is 4.32. The van der Waals surface area contributed by atoms with Crippen LogP contribution in [0.15, 0.2) is 54.6 Å². The van der Waals surface area contributed by atoms with Crippen molar-refractivity contribution in [3.05, 3.63) is 54.6 Å². The van der Waals surface area contributed by atoms with Gasteiger partial charge in [-0.3, -0.25) is 4.79 Å². The van der Waals surface area contributed by atoms with E-state index < -0.39 is 15.3 Å². The summed E-state index contributed by atoms with van der Waals surface area (Å²) in [6, 6.07) is 17.3. The fourth-order valence-electron chi connectivity index (χ4n) is 2.63. The van der Waals surface area contributed by atoms with E-state index in [1.807, 2.05) is 48.5 Å². The summed E-state index contributed by atoms with van der Waals surface area (Å²) in [5.41, 5.74) is 2.71. The maximum absolute atomic E-state index is 12.1. The zero-order chi connectivity index (χ0) is 15.7. The third-order valence-electron chi connectivity index (χ3n) is 3.82. The van der Waals surface area contributed by atoms with Gasteiger partial charge >= 0.3 is 0 Å². The molecule has 0 aromatic heterocycles. The van der Waals surface area contributed by atoms with E-state index in [0.717, 1.165) is 11.1 Å². The molecule has 2 aromatic rings. The number of rotatable bonds is 3. The molecule has 0 bridgehead atoms. The molecule has 22 heavy (non-hydrogen) atoms. The lowest BCUT2D eigenvalue weighted by Crippen LogP contribution is -2.32. The first-order chi connectivity index (χ1) is 10.4. The molecular weight excluding hydrogens is 300 g/mol. The van der Waals surface area contributed by atoms with Gasteiger partial charge in [0.15, 0.2) is 0 Å². The highest BCUT2D eigenvalue weighted by Crippen LogP contribution is 2.28. The predicted molar refractivity (Wildman–Crippen MR) is 85.7 cm³/mol. The summed E-state index contributed by atoms with van der Waals surface area (Å²) in [5.74, 6) is -0.218. The number of hydrogen-bond donors (Lipinski definition) is 1. The van der Waals surface area contributed by atoms with Crippen LogP contribution in [0, 0.1) is 0 Å². The lowest BCUT2D eigenvalue weighted by atomic mass is 10.1. The van der Waals surface area contributed by atoms with Crippen LogP contribution in [0.5, 0.6) is 0 Å². The van der Waals surface area contributed by atoms with Crippen LogP contribution in [0.2, 0.25) is 0 Å². The number of anilines is 1. The molecule has 0 aliphatic carbocycles. The number of carbonyl (C=O) groups excluding carboxylic acids is 1. The van der Waals surface area contributed by atoms with Gasteiger partial charge in [-0.05, 0) is 23.3 Å². The van der Waals surface area contributed by atoms with Crippen LogP contribution in [0.1, 0.15) is 6.42 Å². The maximum atomic E-state index is 12.1. The van der Waals surface area contributed by atoms with Crippen LogP contribution in [0.3, 0.4) is 0 Å². The van der Waals surface area contributed by atoms with Crippen molar-refractivity contribution in [2.45, 2.75) is 11.7 Å². The van der Waals surface area contributed by atoms with Crippen LogP contribution < -0.4 is 10.0 Å². The van der Waals surface area contributed by atoms with Crippen molar-refractivity contribution in [3.8, 4) is 11.1 Å². The second-order valence-electron chi connectivity index (χ2n) is 5.34. The van der Waals surface area contributed by atoms with Crippen molar-refractivity contribution in [3.63, 3.8) is 0 Å². The molecule has 2 N–H and O–H groups in total. The molecule has 1 atom stereocenters. The summed E-state index contributed by atoms with van der Waals surface area (Å²) < 4.78 is 22.9. The number of primary sulfonamides is 1. The summed E-state index contributed by atoms with van der Waals surface area (Å²) in [4.78, 5) is 13.6. The third-order valence-corrected chi connectivity index (χ3v) is 5.06. The van der Waals surface area contributed by atoms with Gasteiger partial charge in [-0.25, -0.2) is 13.6 Å². The maximum Gasteiger partial charge on any atom is 0.228 e. The zero-order valence-electron chi connectivity index (χ0n) is 11.8. The van der Waals surface area contributed by atoms with Crippen molar-refractivity contribution in [2.75, 3.05) is 11.4 Å². The molecule has 2 aromatic carbocycles. The van der Waals surface area contributed by atoms with Gasteiger partial charge in [0.25, 0.3) is 0 Å². The molecule has 5 nitrogen and oxygen atoms in total. The monoisotopic (exact) mass is 316 g/mol. The van der Waals surface area contributed by atoms with E-state index in [1.165, 1.54) is 4.90 Å². The third kappa shape index (κ3) is 2.88. The van der Waals surface area contributed by atoms with E-state index in [9.17, 15) is 13.2 Å². The normalized spacial score (nSPS) is 18.7. The number of sulfonamides is 1. The molecular formula is C16H16N2O3S. The lowest BCUT2D eigenvalue weighted by Gasteiger charge is -2.17. The van der Waals surface area contributed by atoms with E-state index in [-0.39, 0.29) is 18.9 Å². The first-order valence-corrected chi connectivity index (χ1v) is 8.53. The van der Waals surface area contributed by atoms with Crippen molar-refractivity contribution in [1.29, 1.82) is 0 Å². The van der Waals surface area contributed by atoms with Crippen molar-refractivity contribution in [1.82, 2.24) is 0 Å². The summed E-state index contributed by atoms with van der Waals surface area (Å²) in [6.07, 6.45) is -0.0611. The fraction of sp³-hybridized carbons (Fsp3) is 0.188. The number of hydrogen-bond acceptors (Lipinski definition) is 3. The Morgan fingerprint density at radius 1 is 1.00 bits per heavy atom. The van der Waals surface area contributed by atoms with Gasteiger partial charge in [-0.1, -0.05) is 42.5 Å². The average Bonchev–Trinajstić information content (AvgIpc) is 2.90. The highest BCUT2D eigenvalue weighted by molar-refractivity contribution is 7.89. The smallest absolute Gasteiger partial charge is 0.228 e. The minimum atomic E-state index is -3.70. The number of nitrogens with zero attached hydrogens (tertiary/aromatic N) is 1. The summed E-state index contributed by atoms with van der Waals surface area (Å²) in [6.45, 7) is 0.107. The molecule has 1 aliphatic rings. The molecule has 0 saturated carbocycles. The van der Waals surface area contributed by atoms with Gasteiger partial charge in [0, 0.05) is 18.7 Å². The van der Waals surface area contributed by atoms with Crippen molar-refractivity contribution < 1.29 is 13.2 Å². The predicted octanol–water partition coefficient (Wildman–Crippen LogP) is 1.75. The Morgan fingerprint density at radius 3 is 2.32 bits per heavy atom. The second kappa shape index (κ2) is 5.55. The van der Waals surface area contributed by atoms with Crippen molar-refractivity contribution in [2.24, 2.45) is 5.14 Å². The van der Waals surface area contributed by atoms with E-state index >= 15 is 0 Å². The van der Waals surface area contributed by atoms with Crippen LogP contribution in [0.25, 0.3) is 11.1 Å². The molecule has 1 amide bonds. The van der Waals surface area contributed by atoms with Crippen LogP contribution in [-0.4, -0.2) is 26.1 Å². The van der Waals surface area contributed by atoms with E-state index in [1.54, 1.807) is 6.07 Å². The first-order valence-electron chi connectivity index (χ1n) is 6.92. The van der Waals surface area contributed by atoms with Gasteiger partial charge in [0.05, 0.1) is 0 Å². The van der Waals surface area contributed by atoms with Crippen LogP contribution in [0.4, 0.5) is 5.69 Å². The average molecular weight is 316 g/mol. The van der Waals surface area contributed by atoms with Gasteiger partial charge in [0.1, 0.15) is 5.25 Å². The Balaban J connectivity index is 1.92. The molecule has 1 fully saturated rings. The molecule has 1 aliphatic heterocycles. The van der Waals surface area contributed by atoms with E-state index in [4.69, 9.17) is 5.14 Å². The molecule has 1 unspecified atom stereocenters. The standard InChI is InChI=1S/C16H16N2O3S/c17-22(20,21)15-10-16(19)18(11-15)14-8-4-7-13(9-14)12-5-2-1-3-6-12/h1-9,15H,10-11H2,(H2,17,20,21). The number of benzene rings is 2. The Labute approximate surface area is 129 Å². The summed E-state index contributed by atoms with van der Waals surface area (Å²) in [7, 11) is -3.70. The Bertz CT molecular complexity index is 803. The first kappa shape index (κ1) is 14.7. The minimum absolute atomic E-state index is 0.0611. The second-order valence-corrected chi connectivity index (χ2v) is 7.18. The Hall–Kier alpha value is -2.18. The number of carbonyl (C=O) groups is 1. The molecule has 3 rings (SSSR count). The Morgan fingerprint density at radius 2 is 1.68 bits per heavy atom. The van der Waals surface area contributed by atoms with Crippen LogP contribution >= 0.6 is 0 Å². The van der Waals surface area contributed by atoms with Gasteiger partial charge in [-0.2, -0.15) is 0 Å². The van der Waals surface area contributed by atoms with Gasteiger partial charge in [-0.15, -0.1) is 0 Å². The SMILES string of the molecule is NS(=O)(=O)C1CC(=O)N(c2cccc(-c3ccccc3)c2)C1.